The van der Waals surface area contributed by atoms with Gasteiger partial charge < -0.3 is 15.8 Å². The average Bonchev–Trinajstić information content (AvgIpc) is 3.34. The standard InChI is InChI=1S/C24H19N5O2/c25-23(31)17-11-12-18-19(13-17)27-24(26-18)21-22(30)20(16-9-5-2-6-10-16)28-29(21)14-15-7-3-1-4-8-15/h1-13,30H,14H2,(H2,25,31)(H,26,27). The zero-order valence-corrected chi connectivity index (χ0v) is 16.5. The molecular weight excluding hydrogens is 390 g/mol. The fourth-order valence-corrected chi connectivity index (χ4v) is 3.62. The van der Waals surface area contributed by atoms with E-state index >= 15 is 0 Å². The summed E-state index contributed by atoms with van der Waals surface area (Å²) >= 11 is 0. The summed E-state index contributed by atoms with van der Waals surface area (Å²) in [6, 6.07) is 24.4. The van der Waals surface area contributed by atoms with Crippen molar-refractivity contribution in [2.45, 2.75) is 6.54 Å². The Hall–Kier alpha value is -4.39. The van der Waals surface area contributed by atoms with Gasteiger partial charge in [-0.3, -0.25) is 9.48 Å². The Balaban J connectivity index is 1.68. The molecule has 1 amide bonds. The molecule has 0 aliphatic heterocycles. The average molecular weight is 409 g/mol. The molecule has 0 saturated heterocycles. The number of H-pyrrole nitrogens is 1. The number of rotatable bonds is 5. The van der Waals surface area contributed by atoms with E-state index in [1.165, 1.54) is 0 Å². The Bertz CT molecular complexity index is 1390. The van der Waals surface area contributed by atoms with Crippen molar-refractivity contribution in [1.82, 2.24) is 19.7 Å². The van der Waals surface area contributed by atoms with Gasteiger partial charge in [0.25, 0.3) is 0 Å². The van der Waals surface area contributed by atoms with Crippen LogP contribution in [0.2, 0.25) is 0 Å². The molecule has 2 heterocycles. The van der Waals surface area contributed by atoms with E-state index in [2.05, 4.69) is 9.97 Å². The Morgan fingerprint density at radius 1 is 1.00 bits per heavy atom. The lowest BCUT2D eigenvalue weighted by Crippen LogP contribution is -2.10. The topological polar surface area (TPSA) is 110 Å². The lowest BCUT2D eigenvalue weighted by molar-refractivity contribution is 0.100. The normalized spacial score (nSPS) is 11.1. The first-order valence-electron chi connectivity index (χ1n) is 9.79. The molecule has 0 aliphatic rings. The Morgan fingerprint density at radius 2 is 1.71 bits per heavy atom. The monoisotopic (exact) mass is 409 g/mol. The number of nitrogens with two attached hydrogens (primary N) is 1. The summed E-state index contributed by atoms with van der Waals surface area (Å²) < 4.78 is 1.74. The number of carbonyl (C=O) groups is 1. The number of hydrogen-bond acceptors (Lipinski definition) is 4. The van der Waals surface area contributed by atoms with Crippen molar-refractivity contribution >= 4 is 16.9 Å². The maximum absolute atomic E-state index is 11.5. The van der Waals surface area contributed by atoms with Crippen LogP contribution in [0.25, 0.3) is 33.8 Å². The number of fused-ring (bicyclic) bond motifs is 1. The zero-order valence-electron chi connectivity index (χ0n) is 16.5. The van der Waals surface area contributed by atoms with E-state index in [0.29, 0.717) is 40.4 Å². The third kappa shape index (κ3) is 3.42. The van der Waals surface area contributed by atoms with E-state index in [0.717, 1.165) is 11.1 Å². The summed E-state index contributed by atoms with van der Waals surface area (Å²) in [6.45, 7) is 0.458. The molecule has 5 rings (SSSR count). The number of carbonyl (C=O) groups excluding carboxylic acids is 1. The highest BCUT2D eigenvalue weighted by Gasteiger charge is 2.23. The molecule has 0 radical (unpaired) electrons. The van der Waals surface area contributed by atoms with E-state index in [9.17, 15) is 9.90 Å². The van der Waals surface area contributed by atoms with Crippen molar-refractivity contribution in [3.05, 3.63) is 90.0 Å². The largest absolute Gasteiger partial charge is 0.504 e. The van der Waals surface area contributed by atoms with Crippen LogP contribution < -0.4 is 5.73 Å². The van der Waals surface area contributed by atoms with Gasteiger partial charge in [0.1, 0.15) is 11.4 Å². The number of imidazole rings is 1. The molecule has 2 aromatic heterocycles. The van der Waals surface area contributed by atoms with Crippen LogP contribution in [-0.2, 0) is 6.54 Å². The van der Waals surface area contributed by atoms with Crippen LogP contribution in [0.4, 0.5) is 0 Å². The molecule has 4 N–H and O–H groups in total. The molecule has 0 spiro atoms. The Labute approximate surface area is 177 Å². The summed E-state index contributed by atoms with van der Waals surface area (Å²) in [4.78, 5) is 19.4. The predicted octanol–water partition coefficient (Wildman–Crippen LogP) is 3.95. The van der Waals surface area contributed by atoms with Crippen LogP contribution in [-0.4, -0.2) is 30.8 Å². The van der Waals surface area contributed by atoms with Crippen LogP contribution >= 0.6 is 0 Å². The maximum atomic E-state index is 11.5. The SMILES string of the molecule is NC(=O)c1ccc2nc(-c3c(O)c(-c4ccccc4)nn3Cc3ccccc3)[nH]c2c1. The summed E-state index contributed by atoms with van der Waals surface area (Å²) in [5.74, 6) is -0.0163. The quantitative estimate of drug-likeness (QED) is 0.408. The minimum absolute atomic E-state index is 0.0383. The van der Waals surface area contributed by atoms with E-state index < -0.39 is 5.91 Å². The lowest BCUT2D eigenvalue weighted by atomic mass is 10.1. The number of hydrogen-bond donors (Lipinski definition) is 3. The Morgan fingerprint density at radius 3 is 2.42 bits per heavy atom. The third-order valence-electron chi connectivity index (χ3n) is 5.14. The van der Waals surface area contributed by atoms with Gasteiger partial charge in [-0.05, 0) is 23.8 Å². The van der Waals surface area contributed by atoms with Crippen molar-refractivity contribution in [2.75, 3.05) is 0 Å². The summed E-state index contributed by atoms with van der Waals surface area (Å²) in [5.41, 5.74) is 9.89. The van der Waals surface area contributed by atoms with Gasteiger partial charge in [-0.2, -0.15) is 5.10 Å². The molecular formula is C24H19N5O2. The van der Waals surface area contributed by atoms with Crippen molar-refractivity contribution in [3.63, 3.8) is 0 Å². The molecule has 152 valence electrons. The fourth-order valence-electron chi connectivity index (χ4n) is 3.62. The van der Waals surface area contributed by atoms with Crippen LogP contribution in [0.3, 0.4) is 0 Å². The van der Waals surface area contributed by atoms with Crippen molar-refractivity contribution in [3.8, 4) is 28.5 Å². The highest BCUT2D eigenvalue weighted by Crippen LogP contribution is 2.37. The molecule has 31 heavy (non-hydrogen) atoms. The number of aromatic nitrogens is 4. The smallest absolute Gasteiger partial charge is 0.248 e. The third-order valence-corrected chi connectivity index (χ3v) is 5.14. The summed E-state index contributed by atoms with van der Waals surface area (Å²) in [7, 11) is 0. The molecule has 0 aliphatic carbocycles. The minimum atomic E-state index is -0.513. The van der Waals surface area contributed by atoms with Gasteiger partial charge in [0, 0.05) is 11.1 Å². The molecule has 7 heteroatoms. The first-order chi connectivity index (χ1) is 15.1. The highest BCUT2D eigenvalue weighted by atomic mass is 16.3. The lowest BCUT2D eigenvalue weighted by Gasteiger charge is -2.05. The van der Waals surface area contributed by atoms with Crippen LogP contribution in [0.5, 0.6) is 5.75 Å². The second-order valence-corrected chi connectivity index (χ2v) is 7.24. The van der Waals surface area contributed by atoms with Crippen molar-refractivity contribution in [1.29, 1.82) is 0 Å². The number of nitrogens with one attached hydrogen (secondary N) is 1. The maximum Gasteiger partial charge on any atom is 0.248 e. The number of benzene rings is 3. The summed E-state index contributed by atoms with van der Waals surface area (Å²) in [5, 5.41) is 15.8. The van der Waals surface area contributed by atoms with Gasteiger partial charge in [0.2, 0.25) is 5.91 Å². The molecule has 0 fully saturated rings. The van der Waals surface area contributed by atoms with Gasteiger partial charge >= 0.3 is 0 Å². The van der Waals surface area contributed by atoms with E-state index in [1.807, 2.05) is 60.7 Å². The van der Waals surface area contributed by atoms with Crippen LogP contribution in [0, 0.1) is 0 Å². The second kappa shape index (κ2) is 7.46. The molecule has 7 nitrogen and oxygen atoms in total. The van der Waals surface area contributed by atoms with Crippen molar-refractivity contribution in [2.24, 2.45) is 5.73 Å². The molecule has 0 bridgehead atoms. The van der Waals surface area contributed by atoms with Crippen molar-refractivity contribution < 1.29 is 9.90 Å². The first-order valence-corrected chi connectivity index (χ1v) is 9.79. The van der Waals surface area contributed by atoms with Gasteiger partial charge in [-0.15, -0.1) is 0 Å². The van der Waals surface area contributed by atoms with Gasteiger partial charge in [0.15, 0.2) is 11.6 Å². The Kier molecular flexibility index (Phi) is 4.48. The number of primary amides is 1. The van der Waals surface area contributed by atoms with E-state index in [1.54, 1.807) is 22.9 Å². The van der Waals surface area contributed by atoms with Crippen LogP contribution in [0.1, 0.15) is 15.9 Å². The van der Waals surface area contributed by atoms with Gasteiger partial charge in [-0.1, -0.05) is 60.7 Å². The number of aromatic hydroxyl groups is 1. The summed E-state index contributed by atoms with van der Waals surface area (Å²) in [6.07, 6.45) is 0. The molecule has 3 aromatic carbocycles. The number of amides is 1. The minimum Gasteiger partial charge on any atom is -0.504 e. The first kappa shape index (κ1) is 18.6. The highest BCUT2D eigenvalue weighted by molar-refractivity contribution is 5.96. The van der Waals surface area contributed by atoms with Crippen LogP contribution in [0.15, 0.2) is 78.9 Å². The fraction of sp³-hybridized carbons (Fsp3) is 0.0417. The van der Waals surface area contributed by atoms with Gasteiger partial charge in [0.05, 0.1) is 17.6 Å². The second-order valence-electron chi connectivity index (χ2n) is 7.24. The molecule has 0 unspecified atom stereocenters. The molecule has 0 atom stereocenters. The molecule has 5 aromatic rings. The number of nitrogens with zero attached hydrogens (tertiary/aromatic N) is 3. The molecule has 0 saturated carbocycles. The predicted molar refractivity (Wildman–Crippen MR) is 118 cm³/mol. The van der Waals surface area contributed by atoms with Gasteiger partial charge in [-0.25, -0.2) is 4.98 Å². The van der Waals surface area contributed by atoms with E-state index in [-0.39, 0.29) is 5.75 Å². The van der Waals surface area contributed by atoms with E-state index in [4.69, 9.17) is 10.8 Å². The zero-order chi connectivity index (χ0) is 21.4. The number of aromatic amines is 1.